The monoisotopic (exact) mass is 387 g/mol. The van der Waals surface area contributed by atoms with Gasteiger partial charge in [0.1, 0.15) is 4.21 Å². The number of carbonyl (C=O) groups excluding carboxylic acids is 1. The number of nitrogens with one attached hydrogen (secondary N) is 3. The second-order valence-electron chi connectivity index (χ2n) is 5.51. The molecule has 0 aliphatic heterocycles. The highest BCUT2D eigenvalue weighted by atomic mass is 32.2. The van der Waals surface area contributed by atoms with Gasteiger partial charge in [0.05, 0.1) is 5.69 Å². The van der Waals surface area contributed by atoms with Crippen molar-refractivity contribution >= 4 is 44.5 Å². The van der Waals surface area contributed by atoms with Crippen LogP contribution in [0.5, 0.6) is 0 Å². The molecule has 0 atom stereocenters. The lowest BCUT2D eigenvalue weighted by molar-refractivity contribution is 0.262. The summed E-state index contributed by atoms with van der Waals surface area (Å²) in [4.78, 5) is 12.1. The average Bonchev–Trinajstić information content (AvgIpc) is 3.14. The Morgan fingerprint density at radius 1 is 0.923 bits per heavy atom. The maximum atomic E-state index is 12.4. The topological polar surface area (TPSA) is 87.3 Å². The van der Waals surface area contributed by atoms with E-state index in [1.54, 1.807) is 48.7 Å². The van der Waals surface area contributed by atoms with E-state index >= 15 is 0 Å². The molecule has 2 aromatic carbocycles. The Labute approximate surface area is 155 Å². The molecule has 3 aromatic rings. The zero-order chi connectivity index (χ0) is 18.6. The highest BCUT2D eigenvalue weighted by Crippen LogP contribution is 2.25. The zero-order valence-corrected chi connectivity index (χ0v) is 15.5. The fourth-order valence-corrected chi connectivity index (χ4v) is 4.35. The van der Waals surface area contributed by atoms with Crippen molar-refractivity contribution in [3.8, 4) is 0 Å². The van der Waals surface area contributed by atoms with E-state index in [0.29, 0.717) is 17.1 Å². The Morgan fingerprint density at radius 2 is 1.65 bits per heavy atom. The molecule has 0 aliphatic carbocycles. The van der Waals surface area contributed by atoms with Gasteiger partial charge in [-0.15, -0.1) is 11.3 Å². The van der Waals surface area contributed by atoms with Gasteiger partial charge in [-0.2, -0.15) is 0 Å². The van der Waals surface area contributed by atoms with Crippen molar-refractivity contribution < 1.29 is 13.2 Å². The van der Waals surface area contributed by atoms with Crippen LogP contribution in [0.3, 0.4) is 0 Å². The number of carbonyl (C=O) groups is 1. The first kappa shape index (κ1) is 18.0. The number of aryl methyl sites for hydroxylation is 1. The van der Waals surface area contributed by atoms with Gasteiger partial charge in [-0.05, 0) is 48.2 Å². The summed E-state index contributed by atoms with van der Waals surface area (Å²) >= 11 is 1.14. The van der Waals surface area contributed by atoms with Crippen molar-refractivity contribution in [1.29, 1.82) is 0 Å². The van der Waals surface area contributed by atoms with Gasteiger partial charge in [-0.1, -0.05) is 30.3 Å². The van der Waals surface area contributed by atoms with E-state index in [1.807, 2.05) is 18.2 Å². The van der Waals surface area contributed by atoms with Gasteiger partial charge >= 0.3 is 6.03 Å². The summed E-state index contributed by atoms with van der Waals surface area (Å²) < 4.78 is 27.6. The molecule has 0 spiro atoms. The quantitative estimate of drug-likeness (QED) is 0.602. The molecule has 0 bridgehead atoms. The Morgan fingerprint density at radius 3 is 2.35 bits per heavy atom. The van der Waals surface area contributed by atoms with Crippen molar-refractivity contribution in [3.63, 3.8) is 0 Å². The van der Waals surface area contributed by atoms with Gasteiger partial charge in [-0.25, -0.2) is 13.2 Å². The molecule has 0 radical (unpaired) electrons. The molecule has 0 unspecified atom stereocenters. The summed E-state index contributed by atoms with van der Waals surface area (Å²) in [6.07, 6.45) is 0. The normalized spacial score (nSPS) is 11.0. The molecule has 134 valence electrons. The van der Waals surface area contributed by atoms with Crippen LogP contribution in [0, 0.1) is 6.92 Å². The van der Waals surface area contributed by atoms with Gasteiger partial charge in [-0.3, -0.25) is 4.72 Å². The maximum absolute atomic E-state index is 12.4. The number of sulfonamides is 1. The molecule has 3 rings (SSSR count). The van der Waals surface area contributed by atoms with Gasteiger partial charge in [0.25, 0.3) is 10.0 Å². The lowest BCUT2D eigenvalue weighted by Crippen LogP contribution is -2.19. The van der Waals surface area contributed by atoms with E-state index in [9.17, 15) is 13.2 Å². The molecule has 1 aromatic heterocycles. The largest absolute Gasteiger partial charge is 0.323 e. The van der Waals surface area contributed by atoms with Gasteiger partial charge in [0.2, 0.25) is 0 Å². The second kappa shape index (κ2) is 7.59. The first-order valence-corrected chi connectivity index (χ1v) is 10.1. The van der Waals surface area contributed by atoms with E-state index in [-0.39, 0.29) is 4.21 Å². The number of urea groups is 1. The van der Waals surface area contributed by atoms with Crippen molar-refractivity contribution in [2.24, 2.45) is 0 Å². The average molecular weight is 387 g/mol. The summed E-state index contributed by atoms with van der Waals surface area (Å²) in [6, 6.07) is 16.9. The highest BCUT2D eigenvalue weighted by Gasteiger charge is 2.16. The van der Waals surface area contributed by atoms with E-state index in [2.05, 4.69) is 15.4 Å². The van der Waals surface area contributed by atoms with E-state index < -0.39 is 16.1 Å². The van der Waals surface area contributed by atoms with Crippen LogP contribution < -0.4 is 15.4 Å². The number of para-hydroxylation sites is 1. The summed E-state index contributed by atoms with van der Waals surface area (Å²) in [5.74, 6) is 0. The van der Waals surface area contributed by atoms with E-state index in [0.717, 1.165) is 16.9 Å². The van der Waals surface area contributed by atoms with Crippen LogP contribution in [0.4, 0.5) is 21.9 Å². The lowest BCUT2D eigenvalue weighted by atomic mass is 10.2. The molecule has 0 saturated carbocycles. The summed E-state index contributed by atoms with van der Waals surface area (Å²) in [5.41, 5.74) is 2.30. The lowest BCUT2D eigenvalue weighted by Gasteiger charge is -2.12. The number of rotatable bonds is 5. The van der Waals surface area contributed by atoms with Crippen LogP contribution in [0.15, 0.2) is 70.3 Å². The molecule has 3 N–H and O–H groups in total. The van der Waals surface area contributed by atoms with Crippen LogP contribution in [-0.4, -0.2) is 14.4 Å². The Balaban J connectivity index is 1.74. The van der Waals surface area contributed by atoms with Gasteiger partial charge in [0, 0.05) is 11.4 Å². The molecule has 6 nitrogen and oxygen atoms in total. The smallest absolute Gasteiger partial charge is 0.308 e. The predicted octanol–water partition coefficient (Wildman–Crippen LogP) is 4.50. The Hall–Kier alpha value is -2.84. The van der Waals surface area contributed by atoms with E-state index in [1.165, 1.54) is 6.07 Å². The standard InChI is InChI=1S/C18H17N3O3S2/c1-13-9-10-15(20-18(22)19-14-6-3-2-4-7-14)12-16(13)21-26(23,24)17-8-5-11-25-17/h2-12,21H,1H3,(H2,19,20,22). The van der Waals surface area contributed by atoms with Crippen LogP contribution >= 0.6 is 11.3 Å². The van der Waals surface area contributed by atoms with Gasteiger partial charge in [0.15, 0.2) is 0 Å². The Kier molecular flexibility index (Phi) is 5.24. The molecule has 1 heterocycles. The number of thiophene rings is 1. The predicted molar refractivity (Wildman–Crippen MR) is 105 cm³/mol. The summed E-state index contributed by atoms with van der Waals surface area (Å²) in [5, 5.41) is 7.11. The molecular weight excluding hydrogens is 370 g/mol. The van der Waals surface area contributed by atoms with Crippen LogP contribution in [-0.2, 0) is 10.0 Å². The number of hydrogen-bond acceptors (Lipinski definition) is 4. The van der Waals surface area contributed by atoms with Crippen LogP contribution in [0.25, 0.3) is 0 Å². The second-order valence-corrected chi connectivity index (χ2v) is 8.37. The fourth-order valence-electron chi connectivity index (χ4n) is 2.24. The minimum atomic E-state index is -3.65. The first-order chi connectivity index (χ1) is 12.4. The molecule has 2 amide bonds. The zero-order valence-electron chi connectivity index (χ0n) is 13.9. The maximum Gasteiger partial charge on any atom is 0.323 e. The molecule has 8 heteroatoms. The minimum absolute atomic E-state index is 0.233. The van der Waals surface area contributed by atoms with Gasteiger partial charge < -0.3 is 10.6 Å². The molecular formula is C18H17N3O3S2. The number of amides is 2. The summed E-state index contributed by atoms with van der Waals surface area (Å²) in [7, 11) is -3.65. The van der Waals surface area contributed by atoms with Crippen LogP contribution in [0.2, 0.25) is 0 Å². The number of benzene rings is 2. The fraction of sp³-hybridized carbons (Fsp3) is 0.0556. The third kappa shape index (κ3) is 4.41. The number of hydrogen-bond donors (Lipinski definition) is 3. The van der Waals surface area contributed by atoms with Crippen molar-refractivity contribution in [3.05, 3.63) is 71.6 Å². The van der Waals surface area contributed by atoms with Crippen molar-refractivity contribution in [2.45, 2.75) is 11.1 Å². The molecule has 26 heavy (non-hydrogen) atoms. The third-order valence-corrected chi connectivity index (χ3v) is 6.29. The first-order valence-electron chi connectivity index (χ1n) is 7.74. The van der Waals surface area contributed by atoms with E-state index in [4.69, 9.17) is 0 Å². The SMILES string of the molecule is Cc1ccc(NC(=O)Nc2ccccc2)cc1NS(=O)(=O)c1cccs1. The Bertz CT molecular complexity index is 1000. The molecule has 0 aliphatic rings. The highest BCUT2D eigenvalue weighted by molar-refractivity contribution is 7.94. The third-order valence-electron chi connectivity index (χ3n) is 3.53. The number of anilines is 3. The van der Waals surface area contributed by atoms with Crippen LogP contribution in [0.1, 0.15) is 5.56 Å². The molecule has 0 saturated heterocycles. The van der Waals surface area contributed by atoms with Crippen molar-refractivity contribution in [1.82, 2.24) is 0 Å². The summed E-state index contributed by atoms with van der Waals surface area (Å²) in [6.45, 7) is 1.79. The van der Waals surface area contributed by atoms with Crippen molar-refractivity contribution in [2.75, 3.05) is 15.4 Å². The minimum Gasteiger partial charge on any atom is -0.308 e. The molecule has 0 fully saturated rings.